The van der Waals surface area contributed by atoms with Crippen molar-refractivity contribution in [1.82, 2.24) is 20.0 Å². The Bertz CT molecular complexity index is 1070. The van der Waals surface area contributed by atoms with Crippen LogP contribution in [0.15, 0.2) is 47.0 Å². The normalized spacial score (nSPS) is 17.0. The number of carbonyl (C=O) groups is 1. The summed E-state index contributed by atoms with van der Waals surface area (Å²) in [7, 11) is 0. The smallest absolute Gasteiger partial charge is 0.276 e. The van der Waals surface area contributed by atoms with E-state index in [1.165, 1.54) is 0 Å². The number of hydrogen-bond acceptors (Lipinski definition) is 8. The topological polar surface area (TPSA) is 87.8 Å². The molecule has 2 aromatic heterocycles. The Balaban J connectivity index is 1.24. The highest BCUT2D eigenvalue weighted by atomic mass is 16.5. The zero-order chi connectivity index (χ0) is 21.9. The Morgan fingerprint density at radius 3 is 2.41 bits per heavy atom. The minimum atomic E-state index is -0.108. The highest BCUT2D eigenvalue weighted by Gasteiger charge is 2.26. The third kappa shape index (κ3) is 4.29. The second kappa shape index (κ2) is 8.96. The number of aryl methyl sites for hydroxylation is 1. The zero-order valence-electron chi connectivity index (χ0n) is 18.1. The van der Waals surface area contributed by atoms with E-state index < -0.39 is 0 Å². The van der Waals surface area contributed by atoms with Gasteiger partial charge in [-0.2, -0.15) is 4.98 Å². The molecule has 0 N–H and O–H groups in total. The molecule has 3 aromatic rings. The summed E-state index contributed by atoms with van der Waals surface area (Å²) in [5.41, 5.74) is 2.18. The molecule has 0 aliphatic carbocycles. The van der Waals surface area contributed by atoms with Gasteiger partial charge in [0.05, 0.1) is 13.2 Å². The molecular formula is C23H26N6O3. The van der Waals surface area contributed by atoms with Crippen LogP contribution in [0.5, 0.6) is 0 Å². The van der Waals surface area contributed by atoms with Crippen molar-refractivity contribution in [3.05, 3.63) is 53.9 Å². The number of aromatic nitrogens is 3. The Morgan fingerprint density at radius 2 is 1.66 bits per heavy atom. The molecule has 9 heteroatoms. The third-order valence-corrected chi connectivity index (χ3v) is 5.80. The molecule has 1 amide bonds. The average molecular weight is 435 g/mol. The van der Waals surface area contributed by atoms with Crippen LogP contribution in [0.3, 0.4) is 0 Å². The minimum absolute atomic E-state index is 0.108. The van der Waals surface area contributed by atoms with Crippen molar-refractivity contribution in [3.8, 4) is 11.3 Å². The van der Waals surface area contributed by atoms with Crippen molar-refractivity contribution < 1.29 is 14.1 Å². The standard InChI is InChI=1S/C23H26N6O3/c1-17-15-21(25-23(24-17)29-11-13-31-14-12-29)27-7-9-28(10-8-27)22(30)19-16-20(32-26-19)18-5-3-2-4-6-18/h2-6,15-16H,7-14H2,1H3. The molecule has 4 heterocycles. The number of amides is 1. The predicted octanol–water partition coefficient (Wildman–Crippen LogP) is 2.24. The summed E-state index contributed by atoms with van der Waals surface area (Å²) < 4.78 is 10.8. The third-order valence-electron chi connectivity index (χ3n) is 5.80. The van der Waals surface area contributed by atoms with Crippen LogP contribution < -0.4 is 9.80 Å². The van der Waals surface area contributed by atoms with E-state index in [0.717, 1.165) is 36.1 Å². The van der Waals surface area contributed by atoms with Gasteiger partial charge in [0.25, 0.3) is 5.91 Å². The maximum absolute atomic E-state index is 12.9. The lowest BCUT2D eigenvalue weighted by atomic mass is 10.1. The molecule has 32 heavy (non-hydrogen) atoms. The van der Waals surface area contributed by atoms with E-state index in [9.17, 15) is 4.79 Å². The second-order valence-corrected chi connectivity index (χ2v) is 7.99. The predicted molar refractivity (Wildman–Crippen MR) is 120 cm³/mol. The molecule has 0 bridgehead atoms. The number of piperazine rings is 1. The number of morpholine rings is 1. The molecule has 2 aliphatic heterocycles. The lowest BCUT2D eigenvalue weighted by Crippen LogP contribution is -2.49. The Kier molecular flexibility index (Phi) is 5.72. The molecule has 0 unspecified atom stereocenters. The highest BCUT2D eigenvalue weighted by molar-refractivity contribution is 5.93. The summed E-state index contributed by atoms with van der Waals surface area (Å²) in [6.07, 6.45) is 0. The number of rotatable bonds is 4. The van der Waals surface area contributed by atoms with Crippen molar-refractivity contribution in [2.75, 3.05) is 62.3 Å². The molecule has 5 rings (SSSR count). The molecule has 166 valence electrons. The molecule has 2 saturated heterocycles. The first kappa shape index (κ1) is 20.4. The molecule has 2 aliphatic rings. The van der Waals surface area contributed by atoms with Crippen molar-refractivity contribution in [1.29, 1.82) is 0 Å². The number of anilines is 2. The van der Waals surface area contributed by atoms with Crippen LogP contribution in [0.2, 0.25) is 0 Å². The van der Waals surface area contributed by atoms with Crippen LogP contribution in [0, 0.1) is 6.92 Å². The quantitative estimate of drug-likeness (QED) is 0.618. The van der Waals surface area contributed by atoms with Gasteiger partial charge in [-0.25, -0.2) is 4.98 Å². The zero-order valence-corrected chi connectivity index (χ0v) is 18.1. The fourth-order valence-corrected chi connectivity index (χ4v) is 4.02. The van der Waals surface area contributed by atoms with E-state index in [0.29, 0.717) is 50.8 Å². The second-order valence-electron chi connectivity index (χ2n) is 7.99. The lowest BCUT2D eigenvalue weighted by molar-refractivity contribution is 0.0736. The van der Waals surface area contributed by atoms with E-state index in [2.05, 4.69) is 19.9 Å². The molecule has 0 saturated carbocycles. The summed E-state index contributed by atoms with van der Waals surface area (Å²) >= 11 is 0. The van der Waals surface area contributed by atoms with Crippen LogP contribution in [0.1, 0.15) is 16.2 Å². The van der Waals surface area contributed by atoms with Gasteiger partial charge in [0, 0.05) is 62.7 Å². The SMILES string of the molecule is Cc1cc(N2CCN(C(=O)c3cc(-c4ccccc4)on3)CC2)nc(N2CCOCC2)n1. The number of ether oxygens (including phenoxy) is 1. The highest BCUT2D eigenvalue weighted by Crippen LogP contribution is 2.22. The Labute approximate surface area is 186 Å². The molecule has 0 atom stereocenters. The molecule has 0 spiro atoms. The first-order valence-electron chi connectivity index (χ1n) is 10.9. The molecular weight excluding hydrogens is 408 g/mol. The van der Waals surface area contributed by atoms with Crippen molar-refractivity contribution in [2.45, 2.75) is 6.92 Å². The van der Waals surface area contributed by atoms with Crippen molar-refractivity contribution in [2.24, 2.45) is 0 Å². The lowest BCUT2D eigenvalue weighted by Gasteiger charge is -2.35. The van der Waals surface area contributed by atoms with E-state index >= 15 is 0 Å². The van der Waals surface area contributed by atoms with Gasteiger partial charge in [-0.1, -0.05) is 35.5 Å². The summed E-state index contributed by atoms with van der Waals surface area (Å²) in [4.78, 5) is 28.5. The van der Waals surface area contributed by atoms with E-state index in [-0.39, 0.29) is 5.91 Å². The van der Waals surface area contributed by atoms with Gasteiger partial charge in [0.1, 0.15) is 5.82 Å². The number of benzene rings is 1. The van der Waals surface area contributed by atoms with E-state index in [4.69, 9.17) is 14.2 Å². The van der Waals surface area contributed by atoms with E-state index in [1.54, 1.807) is 6.07 Å². The number of carbonyl (C=O) groups excluding carboxylic acids is 1. The van der Waals surface area contributed by atoms with Gasteiger partial charge in [-0.05, 0) is 6.92 Å². The Hall–Kier alpha value is -3.46. The largest absolute Gasteiger partial charge is 0.378 e. The number of hydrogen-bond donors (Lipinski definition) is 0. The van der Waals surface area contributed by atoms with Gasteiger partial charge in [-0.15, -0.1) is 0 Å². The Morgan fingerprint density at radius 1 is 0.906 bits per heavy atom. The van der Waals surface area contributed by atoms with Gasteiger partial charge in [-0.3, -0.25) is 4.79 Å². The summed E-state index contributed by atoms with van der Waals surface area (Å²) in [5.74, 6) is 2.14. The molecule has 1 aromatic carbocycles. The van der Waals surface area contributed by atoms with Crippen LogP contribution >= 0.6 is 0 Å². The monoisotopic (exact) mass is 434 g/mol. The first-order valence-corrected chi connectivity index (χ1v) is 10.9. The van der Waals surface area contributed by atoms with Crippen LogP contribution in [-0.2, 0) is 4.74 Å². The molecule has 0 radical (unpaired) electrons. The fraction of sp³-hybridized carbons (Fsp3) is 0.391. The van der Waals surface area contributed by atoms with Crippen molar-refractivity contribution >= 4 is 17.7 Å². The van der Waals surface area contributed by atoms with Crippen LogP contribution in [0.25, 0.3) is 11.3 Å². The van der Waals surface area contributed by atoms with E-state index in [1.807, 2.05) is 48.2 Å². The van der Waals surface area contributed by atoms with Crippen LogP contribution in [-0.4, -0.2) is 78.4 Å². The molecule has 2 fully saturated rings. The minimum Gasteiger partial charge on any atom is -0.378 e. The van der Waals surface area contributed by atoms with Gasteiger partial charge < -0.3 is 24.0 Å². The summed E-state index contributed by atoms with van der Waals surface area (Å²) in [5, 5.41) is 4.00. The maximum atomic E-state index is 12.9. The van der Waals surface area contributed by atoms with Gasteiger partial charge in [0.15, 0.2) is 11.5 Å². The number of nitrogens with zero attached hydrogens (tertiary/aromatic N) is 6. The van der Waals surface area contributed by atoms with Gasteiger partial charge in [0.2, 0.25) is 5.95 Å². The first-order chi connectivity index (χ1) is 15.7. The summed E-state index contributed by atoms with van der Waals surface area (Å²) in [6.45, 7) is 7.58. The van der Waals surface area contributed by atoms with Crippen molar-refractivity contribution in [3.63, 3.8) is 0 Å². The average Bonchev–Trinajstić information content (AvgIpc) is 3.35. The van der Waals surface area contributed by atoms with Crippen LogP contribution in [0.4, 0.5) is 11.8 Å². The van der Waals surface area contributed by atoms with Gasteiger partial charge >= 0.3 is 0 Å². The maximum Gasteiger partial charge on any atom is 0.276 e. The molecule has 9 nitrogen and oxygen atoms in total. The summed E-state index contributed by atoms with van der Waals surface area (Å²) in [6, 6.07) is 13.4. The fourth-order valence-electron chi connectivity index (χ4n) is 4.02.